The van der Waals surface area contributed by atoms with Crippen LogP contribution in [0.3, 0.4) is 0 Å². The SMILES string of the molecule is CC#CCCNCC1CCOCO1. The molecule has 0 saturated carbocycles. The van der Waals surface area contributed by atoms with E-state index < -0.39 is 0 Å². The maximum atomic E-state index is 5.36. The van der Waals surface area contributed by atoms with Crippen LogP contribution in [0.25, 0.3) is 0 Å². The second-order valence-electron chi connectivity index (χ2n) is 2.98. The Labute approximate surface area is 79.8 Å². The maximum Gasteiger partial charge on any atom is 0.147 e. The second-order valence-corrected chi connectivity index (χ2v) is 2.98. The van der Waals surface area contributed by atoms with Gasteiger partial charge in [0.05, 0.1) is 12.7 Å². The molecule has 1 heterocycles. The lowest BCUT2D eigenvalue weighted by atomic mass is 10.2. The third-order valence-corrected chi connectivity index (χ3v) is 1.95. The largest absolute Gasteiger partial charge is 0.355 e. The number of rotatable bonds is 4. The Hall–Kier alpha value is -0.560. The summed E-state index contributed by atoms with van der Waals surface area (Å²) in [5, 5.41) is 3.31. The standard InChI is InChI=1S/C10H17NO2/c1-2-3-4-6-11-8-10-5-7-12-9-13-10/h10-11H,4-9H2,1H3. The van der Waals surface area contributed by atoms with E-state index in [4.69, 9.17) is 9.47 Å². The fourth-order valence-electron chi connectivity index (χ4n) is 1.20. The van der Waals surface area contributed by atoms with Crippen LogP contribution in [0, 0.1) is 11.8 Å². The molecule has 3 nitrogen and oxygen atoms in total. The Morgan fingerprint density at radius 1 is 1.54 bits per heavy atom. The molecule has 1 atom stereocenters. The van der Waals surface area contributed by atoms with Gasteiger partial charge in [0, 0.05) is 19.5 Å². The molecule has 0 aromatic carbocycles. The first-order valence-electron chi connectivity index (χ1n) is 4.73. The third-order valence-electron chi connectivity index (χ3n) is 1.95. The molecule has 1 rings (SSSR count). The van der Waals surface area contributed by atoms with Crippen molar-refractivity contribution in [3.8, 4) is 11.8 Å². The molecule has 0 spiro atoms. The van der Waals surface area contributed by atoms with Crippen molar-refractivity contribution in [2.24, 2.45) is 0 Å². The van der Waals surface area contributed by atoms with Gasteiger partial charge in [-0.2, -0.15) is 0 Å². The molecule has 1 fully saturated rings. The van der Waals surface area contributed by atoms with Gasteiger partial charge in [-0.1, -0.05) is 0 Å². The van der Waals surface area contributed by atoms with E-state index in [0.717, 1.165) is 32.5 Å². The molecule has 1 aliphatic heterocycles. The Bertz CT molecular complexity index is 177. The first-order valence-corrected chi connectivity index (χ1v) is 4.73. The van der Waals surface area contributed by atoms with Crippen molar-refractivity contribution < 1.29 is 9.47 Å². The molecule has 0 amide bonds. The van der Waals surface area contributed by atoms with Crippen molar-refractivity contribution >= 4 is 0 Å². The molecule has 0 radical (unpaired) electrons. The van der Waals surface area contributed by atoms with Gasteiger partial charge in [0.15, 0.2) is 0 Å². The zero-order chi connectivity index (χ0) is 9.36. The van der Waals surface area contributed by atoms with Crippen LogP contribution < -0.4 is 5.32 Å². The molecule has 0 bridgehead atoms. The van der Waals surface area contributed by atoms with E-state index in [-0.39, 0.29) is 0 Å². The van der Waals surface area contributed by atoms with Crippen LogP contribution in [0.5, 0.6) is 0 Å². The van der Waals surface area contributed by atoms with E-state index in [1.165, 1.54) is 0 Å². The van der Waals surface area contributed by atoms with Gasteiger partial charge < -0.3 is 14.8 Å². The molecule has 13 heavy (non-hydrogen) atoms. The highest BCUT2D eigenvalue weighted by atomic mass is 16.7. The van der Waals surface area contributed by atoms with E-state index in [1.807, 2.05) is 6.92 Å². The monoisotopic (exact) mass is 183 g/mol. The van der Waals surface area contributed by atoms with Crippen molar-refractivity contribution in [3.63, 3.8) is 0 Å². The molecule has 3 heteroatoms. The van der Waals surface area contributed by atoms with E-state index in [1.54, 1.807) is 0 Å². The zero-order valence-corrected chi connectivity index (χ0v) is 8.14. The first kappa shape index (κ1) is 10.5. The smallest absolute Gasteiger partial charge is 0.147 e. The number of hydrogen-bond donors (Lipinski definition) is 1. The molecular formula is C10H17NO2. The predicted octanol–water partition coefficient (Wildman–Crippen LogP) is 0.752. The minimum atomic E-state index is 0.323. The highest BCUT2D eigenvalue weighted by Gasteiger charge is 2.12. The Morgan fingerprint density at radius 3 is 3.15 bits per heavy atom. The highest BCUT2D eigenvalue weighted by Crippen LogP contribution is 2.03. The lowest BCUT2D eigenvalue weighted by Gasteiger charge is -2.22. The summed E-state index contributed by atoms with van der Waals surface area (Å²) in [6.07, 6.45) is 2.23. The van der Waals surface area contributed by atoms with E-state index in [2.05, 4.69) is 17.2 Å². The minimum absolute atomic E-state index is 0.323. The van der Waals surface area contributed by atoms with Crippen LogP contribution in [0.4, 0.5) is 0 Å². The number of hydrogen-bond acceptors (Lipinski definition) is 3. The van der Waals surface area contributed by atoms with Crippen molar-refractivity contribution in [2.75, 3.05) is 26.5 Å². The molecule has 1 saturated heterocycles. The number of ether oxygens (including phenoxy) is 2. The second kappa shape index (κ2) is 6.90. The van der Waals surface area contributed by atoms with Gasteiger partial charge in [-0.25, -0.2) is 0 Å². The summed E-state index contributed by atoms with van der Waals surface area (Å²) in [6.45, 7) is 4.99. The summed E-state index contributed by atoms with van der Waals surface area (Å²) in [5.41, 5.74) is 0. The molecule has 74 valence electrons. The lowest BCUT2D eigenvalue weighted by molar-refractivity contribution is -0.137. The van der Waals surface area contributed by atoms with Gasteiger partial charge in [0.1, 0.15) is 6.79 Å². The van der Waals surface area contributed by atoms with Gasteiger partial charge in [-0.15, -0.1) is 11.8 Å². The van der Waals surface area contributed by atoms with Gasteiger partial charge >= 0.3 is 0 Å². The molecule has 1 aliphatic rings. The van der Waals surface area contributed by atoms with E-state index in [9.17, 15) is 0 Å². The lowest BCUT2D eigenvalue weighted by Crippen LogP contribution is -2.34. The summed E-state index contributed by atoms with van der Waals surface area (Å²) >= 11 is 0. The van der Waals surface area contributed by atoms with Gasteiger partial charge in [-0.3, -0.25) is 0 Å². The fourth-order valence-corrected chi connectivity index (χ4v) is 1.20. The molecular weight excluding hydrogens is 166 g/mol. The van der Waals surface area contributed by atoms with Crippen LogP contribution in [0.2, 0.25) is 0 Å². The zero-order valence-electron chi connectivity index (χ0n) is 8.14. The van der Waals surface area contributed by atoms with E-state index >= 15 is 0 Å². The van der Waals surface area contributed by atoms with Crippen LogP contribution in [-0.4, -0.2) is 32.6 Å². The van der Waals surface area contributed by atoms with Crippen molar-refractivity contribution in [3.05, 3.63) is 0 Å². The topological polar surface area (TPSA) is 30.5 Å². The van der Waals surface area contributed by atoms with Crippen LogP contribution in [-0.2, 0) is 9.47 Å². The van der Waals surface area contributed by atoms with Crippen molar-refractivity contribution in [1.29, 1.82) is 0 Å². The van der Waals surface area contributed by atoms with Crippen molar-refractivity contribution in [2.45, 2.75) is 25.9 Å². The average Bonchev–Trinajstić information content (AvgIpc) is 2.19. The molecule has 0 aromatic heterocycles. The normalized spacial score (nSPS) is 22.1. The molecule has 1 unspecified atom stereocenters. The van der Waals surface area contributed by atoms with Gasteiger partial charge in [0.2, 0.25) is 0 Å². The highest BCUT2D eigenvalue weighted by molar-refractivity contribution is 4.95. The minimum Gasteiger partial charge on any atom is -0.355 e. The van der Waals surface area contributed by atoms with E-state index in [0.29, 0.717) is 12.9 Å². The maximum absolute atomic E-state index is 5.36. The average molecular weight is 183 g/mol. The summed E-state index contributed by atoms with van der Waals surface area (Å²) in [5.74, 6) is 5.87. The Morgan fingerprint density at radius 2 is 2.46 bits per heavy atom. The van der Waals surface area contributed by atoms with Crippen LogP contribution in [0.15, 0.2) is 0 Å². The van der Waals surface area contributed by atoms with Crippen LogP contribution in [0.1, 0.15) is 19.8 Å². The Kier molecular flexibility index (Phi) is 5.59. The summed E-state index contributed by atoms with van der Waals surface area (Å²) in [4.78, 5) is 0. The molecule has 1 N–H and O–H groups in total. The third kappa shape index (κ3) is 4.89. The summed E-state index contributed by atoms with van der Waals surface area (Å²) in [7, 11) is 0. The number of nitrogens with one attached hydrogen (secondary N) is 1. The first-order chi connectivity index (χ1) is 6.43. The Balaban J connectivity index is 1.94. The van der Waals surface area contributed by atoms with Crippen molar-refractivity contribution in [1.82, 2.24) is 5.32 Å². The molecule has 0 aromatic rings. The molecule has 0 aliphatic carbocycles. The summed E-state index contributed by atoms with van der Waals surface area (Å²) < 4.78 is 10.4. The van der Waals surface area contributed by atoms with Gasteiger partial charge in [0.25, 0.3) is 0 Å². The predicted molar refractivity (Wildman–Crippen MR) is 51.2 cm³/mol. The van der Waals surface area contributed by atoms with Gasteiger partial charge in [-0.05, 0) is 13.3 Å². The van der Waals surface area contributed by atoms with Crippen LogP contribution >= 0.6 is 0 Å². The quantitative estimate of drug-likeness (QED) is 0.515. The summed E-state index contributed by atoms with van der Waals surface area (Å²) in [6, 6.07) is 0. The fraction of sp³-hybridized carbons (Fsp3) is 0.800.